The summed E-state index contributed by atoms with van der Waals surface area (Å²) in [5.41, 5.74) is 0.311. The third kappa shape index (κ3) is 4.96. The molecule has 1 heterocycles. The van der Waals surface area contributed by atoms with Crippen LogP contribution in [0.25, 0.3) is 0 Å². The van der Waals surface area contributed by atoms with Crippen molar-refractivity contribution in [3.05, 3.63) is 15.2 Å². The number of hydrogen-bond donors (Lipinski definition) is 2. The van der Waals surface area contributed by atoms with Crippen molar-refractivity contribution in [1.29, 1.82) is 0 Å². The van der Waals surface area contributed by atoms with Crippen LogP contribution < -0.4 is 5.32 Å². The highest BCUT2D eigenvalue weighted by atomic mass is 127. The molecule has 0 fully saturated rings. The third-order valence-corrected chi connectivity index (χ3v) is 3.69. The molecule has 0 aromatic carbocycles. The molecule has 0 spiro atoms. The number of carbonyl (C=O) groups is 1. The van der Waals surface area contributed by atoms with Gasteiger partial charge in [0, 0.05) is 5.69 Å². The first kappa shape index (κ1) is 17.3. The summed E-state index contributed by atoms with van der Waals surface area (Å²) in [5, 5.41) is 2.91. The Balaban J connectivity index is 2.95. The summed E-state index contributed by atoms with van der Waals surface area (Å²) < 4.78 is 6.24. The fraction of sp³-hybridized carbons (Fsp3) is 0.714. The van der Waals surface area contributed by atoms with Gasteiger partial charge in [0.25, 0.3) is 0 Å². The van der Waals surface area contributed by atoms with Crippen molar-refractivity contribution in [3.63, 3.8) is 0 Å². The van der Waals surface area contributed by atoms with Gasteiger partial charge in [0.05, 0.1) is 6.04 Å². The molecule has 0 aliphatic heterocycles. The van der Waals surface area contributed by atoms with Crippen molar-refractivity contribution >= 4 is 28.7 Å². The summed E-state index contributed by atoms with van der Waals surface area (Å²) in [4.78, 5) is 19.7. The Labute approximate surface area is 134 Å². The second-order valence-corrected chi connectivity index (χ2v) is 8.00. The van der Waals surface area contributed by atoms with Gasteiger partial charge in [-0.25, -0.2) is 9.78 Å². The average molecular weight is 393 g/mol. The van der Waals surface area contributed by atoms with Crippen molar-refractivity contribution < 1.29 is 9.53 Å². The van der Waals surface area contributed by atoms with Crippen LogP contribution in [0, 0.1) is 16.0 Å². The number of aryl methyl sites for hydroxylation is 1. The number of rotatable bonds is 2. The molecular weight excluding hydrogens is 369 g/mol. The van der Waals surface area contributed by atoms with Gasteiger partial charge < -0.3 is 15.0 Å². The molecule has 114 valence electrons. The Morgan fingerprint density at radius 3 is 2.20 bits per heavy atom. The Hall–Kier alpha value is -0.790. The van der Waals surface area contributed by atoms with E-state index in [-0.39, 0.29) is 11.5 Å². The lowest BCUT2D eigenvalue weighted by Gasteiger charge is -2.31. The Bertz CT molecular complexity index is 464. The highest BCUT2D eigenvalue weighted by molar-refractivity contribution is 14.1. The number of aromatic nitrogens is 2. The highest BCUT2D eigenvalue weighted by Crippen LogP contribution is 2.32. The van der Waals surface area contributed by atoms with Crippen molar-refractivity contribution in [2.45, 2.75) is 60.1 Å². The van der Waals surface area contributed by atoms with Crippen LogP contribution in [0.3, 0.4) is 0 Å². The smallest absolute Gasteiger partial charge is 0.408 e. The molecular formula is C14H24IN3O2. The van der Waals surface area contributed by atoms with Gasteiger partial charge in [-0.05, 0) is 55.7 Å². The molecule has 1 atom stereocenters. The molecule has 1 rings (SSSR count). The van der Waals surface area contributed by atoms with E-state index in [0.717, 1.165) is 15.2 Å². The lowest BCUT2D eigenvalue weighted by Crippen LogP contribution is -2.40. The van der Waals surface area contributed by atoms with E-state index in [4.69, 9.17) is 4.74 Å². The van der Waals surface area contributed by atoms with E-state index in [1.54, 1.807) is 0 Å². The monoisotopic (exact) mass is 393 g/mol. The number of hydrogen-bond acceptors (Lipinski definition) is 3. The van der Waals surface area contributed by atoms with Crippen LogP contribution in [-0.2, 0) is 4.74 Å². The number of amides is 1. The van der Waals surface area contributed by atoms with Gasteiger partial charge in [0.1, 0.15) is 15.1 Å². The molecule has 1 aromatic rings. The van der Waals surface area contributed by atoms with Crippen LogP contribution in [0.4, 0.5) is 4.79 Å². The second-order valence-electron chi connectivity index (χ2n) is 6.98. The van der Waals surface area contributed by atoms with E-state index in [9.17, 15) is 4.79 Å². The number of nitrogens with one attached hydrogen (secondary N) is 2. The first-order valence-corrected chi connectivity index (χ1v) is 7.69. The largest absolute Gasteiger partial charge is 0.444 e. The summed E-state index contributed by atoms with van der Waals surface area (Å²) >= 11 is 2.18. The highest BCUT2D eigenvalue weighted by Gasteiger charge is 2.32. The van der Waals surface area contributed by atoms with Crippen LogP contribution in [-0.4, -0.2) is 21.7 Å². The van der Waals surface area contributed by atoms with Crippen molar-refractivity contribution in [2.24, 2.45) is 5.41 Å². The Kier molecular flexibility index (Phi) is 5.10. The maximum atomic E-state index is 12.0. The van der Waals surface area contributed by atoms with Crippen molar-refractivity contribution in [3.8, 4) is 0 Å². The minimum absolute atomic E-state index is 0.176. The fourth-order valence-electron chi connectivity index (χ4n) is 1.72. The van der Waals surface area contributed by atoms with Gasteiger partial charge in [-0.2, -0.15) is 0 Å². The molecule has 0 saturated heterocycles. The predicted molar refractivity (Wildman–Crippen MR) is 87.6 cm³/mol. The molecule has 0 unspecified atom stereocenters. The summed E-state index contributed by atoms with van der Waals surface area (Å²) in [6.45, 7) is 13.7. The maximum Gasteiger partial charge on any atom is 0.408 e. The molecule has 2 N–H and O–H groups in total. The van der Waals surface area contributed by atoms with Crippen LogP contribution in [0.15, 0.2) is 0 Å². The molecule has 0 bridgehead atoms. The Morgan fingerprint density at radius 2 is 1.85 bits per heavy atom. The topological polar surface area (TPSA) is 67.0 Å². The van der Waals surface area contributed by atoms with E-state index in [2.05, 4.69) is 58.6 Å². The minimum Gasteiger partial charge on any atom is -0.444 e. The van der Waals surface area contributed by atoms with Crippen LogP contribution in [0.5, 0.6) is 0 Å². The summed E-state index contributed by atoms with van der Waals surface area (Å²) in [6, 6.07) is -0.237. The van der Waals surface area contributed by atoms with Crippen molar-refractivity contribution in [2.75, 3.05) is 0 Å². The molecule has 0 saturated carbocycles. The molecule has 20 heavy (non-hydrogen) atoms. The number of alkyl carbamates (subject to hydrolysis) is 1. The van der Waals surface area contributed by atoms with E-state index in [1.165, 1.54) is 0 Å². The van der Waals surface area contributed by atoms with Gasteiger partial charge in [0.15, 0.2) is 0 Å². The van der Waals surface area contributed by atoms with E-state index >= 15 is 0 Å². The zero-order valence-corrected chi connectivity index (χ0v) is 15.4. The molecule has 1 aromatic heterocycles. The van der Waals surface area contributed by atoms with Gasteiger partial charge in [-0.3, -0.25) is 0 Å². The van der Waals surface area contributed by atoms with Gasteiger partial charge in [0.2, 0.25) is 0 Å². The average Bonchev–Trinajstić information content (AvgIpc) is 2.51. The van der Waals surface area contributed by atoms with Gasteiger partial charge in [-0.15, -0.1) is 0 Å². The number of imidazole rings is 1. The number of ether oxygens (including phenoxy) is 1. The molecule has 5 nitrogen and oxygen atoms in total. The quantitative estimate of drug-likeness (QED) is 0.749. The van der Waals surface area contributed by atoms with E-state index < -0.39 is 11.7 Å². The fourth-order valence-corrected chi connectivity index (χ4v) is 2.11. The van der Waals surface area contributed by atoms with Gasteiger partial charge >= 0.3 is 6.09 Å². The summed E-state index contributed by atoms with van der Waals surface area (Å²) in [7, 11) is 0. The second kappa shape index (κ2) is 5.91. The molecule has 0 aliphatic rings. The molecule has 6 heteroatoms. The van der Waals surface area contributed by atoms with Crippen LogP contribution in [0.1, 0.15) is 59.1 Å². The normalized spacial score (nSPS) is 14.0. The number of H-pyrrole nitrogens is 1. The van der Waals surface area contributed by atoms with Crippen LogP contribution in [0.2, 0.25) is 0 Å². The van der Waals surface area contributed by atoms with Gasteiger partial charge in [-0.1, -0.05) is 20.8 Å². The molecule has 1 amide bonds. The number of aromatic amines is 1. The number of halogens is 1. The third-order valence-electron chi connectivity index (χ3n) is 2.64. The Morgan fingerprint density at radius 1 is 1.30 bits per heavy atom. The lowest BCUT2D eigenvalue weighted by atomic mass is 9.86. The van der Waals surface area contributed by atoms with Crippen LogP contribution >= 0.6 is 22.6 Å². The molecule has 0 radical (unpaired) electrons. The first-order valence-electron chi connectivity index (χ1n) is 6.61. The van der Waals surface area contributed by atoms with Crippen molar-refractivity contribution in [1.82, 2.24) is 15.3 Å². The standard InChI is InChI=1S/C14H24IN3O2/c1-8-10(15)18-11(16-8)9(13(2,3)4)17-12(19)20-14(5,6)7/h9H,1-7H3,(H,16,18)(H,17,19)/t9-/m1/s1. The first-order chi connectivity index (χ1) is 8.90. The lowest BCUT2D eigenvalue weighted by molar-refractivity contribution is 0.0458. The summed E-state index contributed by atoms with van der Waals surface area (Å²) in [5.74, 6) is 0.755. The summed E-state index contributed by atoms with van der Waals surface area (Å²) in [6.07, 6.45) is -0.429. The van der Waals surface area contributed by atoms with E-state index in [1.807, 2.05) is 27.7 Å². The zero-order valence-electron chi connectivity index (χ0n) is 13.2. The minimum atomic E-state index is -0.514. The number of carbonyl (C=O) groups excluding carboxylic acids is 1. The predicted octanol–water partition coefficient (Wildman–Crippen LogP) is 3.93. The zero-order chi connectivity index (χ0) is 15.7. The maximum absolute atomic E-state index is 12.0. The number of nitrogens with zero attached hydrogens (tertiary/aromatic N) is 1. The molecule has 0 aliphatic carbocycles. The van der Waals surface area contributed by atoms with E-state index in [0.29, 0.717) is 0 Å². The SMILES string of the molecule is Cc1[nH]c([C@@H](NC(=O)OC(C)(C)C)C(C)(C)C)nc1I.